The SMILES string of the molecule is CCC(O)CCNC1CCCOc2ccc(F)cc21. The van der Waals surface area contributed by atoms with Crippen LogP contribution in [0.15, 0.2) is 18.2 Å². The van der Waals surface area contributed by atoms with Crippen molar-refractivity contribution >= 4 is 0 Å². The van der Waals surface area contributed by atoms with Crippen LogP contribution in [0.4, 0.5) is 4.39 Å². The second kappa shape index (κ2) is 6.87. The van der Waals surface area contributed by atoms with Gasteiger partial charge in [-0.2, -0.15) is 0 Å². The first-order chi connectivity index (χ1) is 9.20. The summed E-state index contributed by atoms with van der Waals surface area (Å²) in [5.74, 6) is 0.539. The zero-order chi connectivity index (χ0) is 13.7. The number of hydrogen-bond donors (Lipinski definition) is 2. The van der Waals surface area contributed by atoms with E-state index in [0.717, 1.165) is 43.5 Å². The van der Waals surface area contributed by atoms with Gasteiger partial charge in [0.15, 0.2) is 0 Å². The van der Waals surface area contributed by atoms with Gasteiger partial charge in [-0.25, -0.2) is 4.39 Å². The normalized spacial score (nSPS) is 20.3. The fourth-order valence-electron chi connectivity index (χ4n) is 2.39. The third-order valence-corrected chi connectivity index (χ3v) is 3.58. The third kappa shape index (κ3) is 3.91. The Balaban J connectivity index is 2.02. The molecule has 0 amide bonds. The summed E-state index contributed by atoms with van der Waals surface area (Å²) < 4.78 is 19.0. The van der Waals surface area contributed by atoms with Crippen LogP contribution in [0.25, 0.3) is 0 Å². The van der Waals surface area contributed by atoms with E-state index < -0.39 is 0 Å². The molecule has 4 heteroatoms. The molecule has 0 aromatic heterocycles. The van der Waals surface area contributed by atoms with Gasteiger partial charge in [0.1, 0.15) is 11.6 Å². The van der Waals surface area contributed by atoms with Crippen molar-refractivity contribution in [3.05, 3.63) is 29.6 Å². The summed E-state index contributed by atoms with van der Waals surface area (Å²) in [6.45, 7) is 3.37. The highest BCUT2D eigenvalue weighted by atomic mass is 19.1. The van der Waals surface area contributed by atoms with E-state index in [1.807, 2.05) is 6.92 Å². The van der Waals surface area contributed by atoms with Gasteiger partial charge in [-0.15, -0.1) is 0 Å². The molecule has 0 spiro atoms. The smallest absolute Gasteiger partial charge is 0.124 e. The largest absolute Gasteiger partial charge is 0.493 e. The molecule has 0 fully saturated rings. The van der Waals surface area contributed by atoms with Gasteiger partial charge in [0.25, 0.3) is 0 Å². The van der Waals surface area contributed by atoms with E-state index in [0.29, 0.717) is 6.61 Å². The molecule has 1 aliphatic rings. The summed E-state index contributed by atoms with van der Waals surface area (Å²) in [5.41, 5.74) is 0.892. The maximum Gasteiger partial charge on any atom is 0.124 e. The summed E-state index contributed by atoms with van der Waals surface area (Å²) in [4.78, 5) is 0. The number of nitrogens with one attached hydrogen (secondary N) is 1. The van der Waals surface area contributed by atoms with Gasteiger partial charge in [0.05, 0.1) is 12.7 Å². The Morgan fingerprint density at radius 3 is 3.16 bits per heavy atom. The van der Waals surface area contributed by atoms with Gasteiger partial charge >= 0.3 is 0 Å². The molecule has 2 atom stereocenters. The first-order valence-electron chi connectivity index (χ1n) is 7.04. The first-order valence-corrected chi connectivity index (χ1v) is 7.04. The Morgan fingerprint density at radius 2 is 2.37 bits per heavy atom. The molecule has 0 aliphatic carbocycles. The average molecular weight is 267 g/mol. The zero-order valence-corrected chi connectivity index (χ0v) is 11.4. The maximum absolute atomic E-state index is 13.4. The van der Waals surface area contributed by atoms with Crippen molar-refractivity contribution in [2.45, 2.75) is 44.8 Å². The molecule has 2 N–H and O–H groups in total. The van der Waals surface area contributed by atoms with Crippen LogP contribution in [0, 0.1) is 5.82 Å². The second-order valence-corrected chi connectivity index (χ2v) is 5.03. The van der Waals surface area contributed by atoms with Crippen LogP contribution < -0.4 is 10.1 Å². The Hall–Kier alpha value is -1.13. The first kappa shape index (κ1) is 14.3. The number of aliphatic hydroxyl groups is 1. The fraction of sp³-hybridized carbons (Fsp3) is 0.600. The summed E-state index contributed by atoms with van der Waals surface area (Å²) in [6, 6.07) is 4.79. The quantitative estimate of drug-likeness (QED) is 0.862. The van der Waals surface area contributed by atoms with Crippen molar-refractivity contribution in [1.82, 2.24) is 5.32 Å². The van der Waals surface area contributed by atoms with Gasteiger partial charge in [0.2, 0.25) is 0 Å². The summed E-state index contributed by atoms with van der Waals surface area (Å²) >= 11 is 0. The second-order valence-electron chi connectivity index (χ2n) is 5.03. The number of benzene rings is 1. The van der Waals surface area contributed by atoms with Crippen LogP contribution in [-0.4, -0.2) is 24.4 Å². The Kier molecular flexibility index (Phi) is 5.16. The Labute approximate surface area is 113 Å². The van der Waals surface area contributed by atoms with Gasteiger partial charge < -0.3 is 15.2 Å². The molecule has 2 unspecified atom stereocenters. The van der Waals surface area contributed by atoms with Crippen LogP contribution >= 0.6 is 0 Å². The Morgan fingerprint density at radius 1 is 1.53 bits per heavy atom. The summed E-state index contributed by atoms with van der Waals surface area (Å²) in [6.07, 6.45) is 3.10. The molecule has 0 saturated heterocycles. The van der Waals surface area contributed by atoms with Crippen LogP contribution in [0.1, 0.15) is 44.2 Å². The highest BCUT2D eigenvalue weighted by Gasteiger charge is 2.20. The van der Waals surface area contributed by atoms with Crippen molar-refractivity contribution in [2.24, 2.45) is 0 Å². The lowest BCUT2D eigenvalue weighted by atomic mass is 10.0. The van der Waals surface area contributed by atoms with Crippen LogP contribution in [0.3, 0.4) is 0 Å². The molecule has 0 radical (unpaired) electrons. The lowest BCUT2D eigenvalue weighted by molar-refractivity contribution is 0.158. The van der Waals surface area contributed by atoms with Gasteiger partial charge in [0, 0.05) is 11.6 Å². The van der Waals surface area contributed by atoms with E-state index in [-0.39, 0.29) is 18.0 Å². The Bertz CT molecular complexity index is 411. The van der Waals surface area contributed by atoms with Crippen LogP contribution in [0.2, 0.25) is 0 Å². The lowest BCUT2D eigenvalue weighted by Gasteiger charge is -2.19. The molecule has 1 aliphatic heterocycles. The summed E-state index contributed by atoms with van der Waals surface area (Å²) in [7, 11) is 0. The van der Waals surface area contributed by atoms with Crippen molar-refractivity contribution in [2.75, 3.05) is 13.2 Å². The number of hydrogen-bond acceptors (Lipinski definition) is 3. The summed E-state index contributed by atoms with van der Waals surface area (Å²) in [5, 5.41) is 13.0. The highest BCUT2D eigenvalue weighted by molar-refractivity contribution is 5.37. The predicted octanol–water partition coefficient (Wildman–Crippen LogP) is 2.79. The van der Waals surface area contributed by atoms with E-state index in [4.69, 9.17) is 4.74 Å². The highest BCUT2D eigenvalue weighted by Crippen LogP contribution is 2.31. The van der Waals surface area contributed by atoms with Crippen molar-refractivity contribution in [3.8, 4) is 5.75 Å². The fourth-order valence-corrected chi connectivity index (χ4v) is 2.39. The number of aliphatic hydroxyl groups excluding tert-OH is 1. The molecular formula is C15H22FNO2. The van der Waals surface area contributed by atoms with Gasteiger partial charge in [-0.3, -0.25) is 0 Å². The standard InChI is InChI=1S/C15H22FNO2/c1-2-12(18)7-8-17-14-4-3-9-19-15-6-5-11(16)10-13(14)15/h5-6,10,12,14,17-18H,2-4,7-9H2,1H3. The minimum Gasteiger partial charge on any atom is -0.493 e. The van der Waals surface area contributed by atoms with Crippen LogP contribution in [0.5, 0.6) is 5.75 Å². The van der Waals surface area contributed by atoms with E-state index in [2.05, 4.69) is 5.32 Å². The van der Waals surface area contributed by atoms with E-state index in [9.17, 15) is 9.50 Å². The minimum absolute atomic E-state index is 0.109. The van der Waals surface area contributed by atoms with Crippen molar-refractivity contribution < 1.29 is 14.2 Å². The maximum atomic E-state index is 13.4. The number of fused-ring (bicyclic) bond motifs is 1. The number of ether oxygens (including phenoxy) is 1. The molecule has 1 heterocycles. The monoisotopic (exact) mass is 267 g/mol. The zero-order valence-electron chi connectivity index (χ0n) is 11.4. The molecule has 1 aromatic rings. The molecule has 0 bridgehead atoms. The molecular weight excluding hydrogens is 245 g/mol. The van der Waals surface area contributed by atoms with Gasteiger partial charge in [-0.05, 0) is 50.4 Å². The third-order valence-electron chi connectivity index (χ3n) is 3.58. The number of halogens is 1. The minimum atomic E-state index is -0.262. The van der Waals surface area contributed by atoms with Crippen molar-refractivity contribution in [3.63, 3.8) is 0 Å². The predicted molar refractivity (Wildman–Crippen MR) is 72.8 cm³/mol. The average Bonchev–Trinajstić information content (AvgIpc) is 2.61. The van der Waals surface area contributed by atoms with Crippen molar-refractivity contribution in [1.29, 1.82) is 0 Å². The van der Waals surface area contributed by atoms with E-state index >= 15 is 0 Å². The van der Waals surface area contributed by atoms with Gasteiger partial charge in [-0.1, -0.05) is 6.92 Å². The molecule has 0 saturated carbocycles. The molecule has 2 rings (SSSR count). The van der Waals surface area contributed by atoms with E-state index in [1.165, 1.54) is 6.07 Å². The lowest BCUT2D eigenvalue weighted by Crippen LogP contribution is -2.25. The molecule has 19 heavy (non-hydrogen) atoms. The topological polar surface area (TPSA) is 41.5 Å². The molecule has 1 aromatic carbocycles. The molecule has 106 valence electrons. The number of rotatable bonds is 5. The van der Waals surface area contributed by atoms with E-state index in [1.54, 1.807) is 12.1 Å². The molecule has 3 nitrogen and oxygen atoms in total. The van der Waals surface area contributed by atoms with Crippen LogP contribution in [-0.2, 0) is 0 Å².